The van der Waals surface area contributed by atoms with Crippen molar-refractivity contribution in [3.05, 3.63) is 28.2 Å². The van der Waals surface area contributed by atoms with Gasteiger partial charge in [-0.1, -0.05) is 0 Å². The Morgan fingerprint density at radius 2 is 2.21 bits per heavy atom. The van der Waals surface area contributed by atoms with Gasteiger partial charge in [-0.05, 0) is 40.8 Å². The van der Waals surface area contributed by atoms with Gasteiger partial charge in [0.1, 0.15) is 5.82 Å². The highest BCUT2D eigenvalue weighted by molar-refractivity contribution is 9.10. The number of nitrogens with two attached hydrogens (primary N) is 1. The SMILES string of the molecule is Cl.N[C@H](c1ncc(Br)cc1F)C1CC1. The minimum Gasteiger partial charge on any atom is -0.322 e. The molecular weight excluding hydrogens is 270 g/mol. The molecule has 5 heteroatoms. The molecule has 1 atom stereocenters. The quantitative estimate of drug-likeness (QED) is 0.905. The average Bonchev–Trinajstić information content (AvgIpc) is 2.85. The van der Waals surface area contributed by atoms with E-state index in [4.69, 9.17) is 5.73 Å². The number of hydrogen-bond acceptors (Lipinski definition) is 2. The zero-order chi connectivity index (χ0) is 9.42. The van der Waals surface area contributed by atoms with E-state index in [9.17, 15) is 4.39 Å². The van der Waals surface area contributed by atoms with Gasteiger partial charge in [0, 0.05) is 10.7 Å². The van der Waals surface area contributed by atoms with Crippen molar-refractivity contribution in [1.82, 2.24) is 4.98 Å². The highest BCUT2D eigenvalue weighted by Gasteiger charge is 2.31. The average molecular weight is 282 g/mol. The predicted octanol–water partition coefficient (Wildman–Crippen LogP) is 2.81. The van der Waals surface area contributed by atoms with Crippen LogP contribution in [-0.4, -0.2) is 4.98 Å². The molecule has 0 aliphatic heterocycles. The van der Waals surface area contributed by atoms with E-state index in [0.717, 1.165) is 12.8 Å². The number of aromatic nitrogens is 1. The Kier molecular flexibility index (Phi) is 3.86. The van der Waals surface area contributed by atoms with Crippen LogP contribution >= 0.6 is 28.3 Å². The molecule has 0 aromatic carbocycles. The third-order valence-electron chi connectivity index (χ3n) is 2.28. The standard InChI is InChI=1S/C9H10BrFN2.ClH/c10-6-3-7(11)9(13-4-6)8(12)5-1-2-5;/h3-5,8H,1-2,12H2;1H/t8-;/m0./s1. The molecular formula is C9H11BrClFN2. The Balaban J connectivity index is 0.000000980. The van der Waals surface area contributed by atoms with E-state index < -0.39 is 0 Å². The molecule has 2 N–H and O–H groups in total. The van der Waals surface area contributed by atoms with Crippen LogP contribution in [0.2, 0.25) is 0 Å². The maximum absolute atomic E-state index is 13.3. The van der Waals surface area contributed by atoms with Gasteiger partial charge in [-0.15, -0.1) is 12.4 Å². The summed E-state index contributed by atoms with van der Waals surface area (Å²) in [5.74, 6) is 0.122. The van der Waals surface area contributed by atoms with Gasteiger partial charge in [-0.2, -0.15) is 0 Å². The molecule has 78 valence electrons. The van der Waals surface area contributed by atoms with Crippen molar-refractivity contribution >= 4 is 28.3 Å². The van der Waals surface area contributed by atoms with Crippen molar-refractivity contribution in [2.45, 2.75) is 18.9 Å². The predicted molar refractivity (Wildman–Crippen MR) is 58.8 cm³/mol. The summed E-state index contributed by atoms with van der Waals surface area (Å²) in [6.07, 6.45) is 3.78. The summed E-state index contributed by atoms with van der Waals surface area (Å²) in [4.78, 5) is 3.99. The summed E-state index contributed by atoms with van der Waals surface area (Å²) in [7, 11) is 0. The third-order valence-corrected chi connectivity index (χ3v) is 2.72. The van der Waals surface area contributed by atoms with E-state index in [1.165, 1.54) is 6.07 Å². The summed E-state index contributed by atoms with van der Waals surface area (Å²) >= 11 is 3.15. The molecule has 1 heterocycles. The van der Waals surface area contributed by atoms with Crippen LogP contribution in [0.5, 0.6) is 0 Å². The van der Waals surface area contributed by atoms with Gasteiger partial charge >= 0.3 is 0 Å². The van der Waals surface area contributed by atoms with E-state index in [1.807, 2.05) is 0 Å². The van der Waals surface area contributed by atoms with E-state index in [2.05, 4.69) is 20.9 Å². The Labute approximate surface area is 96.6 Å². The van der Waals surface area contributed by atoms with Crippen LogP contribution in [0.15, 0.2) is 16.7 Å². The fourth-order valence-electron chi connectivity index (χ4n) is 1.35. The zero-order valence-corrected chi connectivity index (χ0v) is 9.81. The zero-order valence-electron chi connectivity index (χ0n) is 7.41. The van der Waals surface area contributed by atoms with E-state index in [1.54, 1.807) is 6.20 Å². The van der Waals surface area contributed by atoms with Crippen LogP contribution in [0, 0.1) is 11.7 Å². The molecule has 0 saturated heterocycles. The van der Waals surface area contributed by atoms with E-state index in [0.29, 0.717) is 16.1 Å². The number of hydrogen-bond donors (Lipinski definition) is 1. The molecule has 0 amide bonds. The van der Waals surface area contributed by atoms with Gasteiger partial charge in [0.2, 0.25) is 0 Å². The first-order chi connectivity index (χ1) is 6.18. The first-order valence-electron chi connectivity index (χ1n) is 4.25. The summed E-state index contributed by atoms with van der Waals surface area (Å²) in [6, 6.07) is 1.18. The van der Waals surface area contributed by atoms with Gasteiger partial charge in [0.25, 0.3) is 0 Å². The lowest BCUT2D eigenvalue weighted by atomic mass is 10.1. The fourth-order valence-corrected chi connectivity index (χ4v) is 1.65. The highest BCUT2D eigenvalue weighted by Crippen LogP contribution is 2.39. The molecule has 1 aliphatic carbocycles. The molecule has 2 nitrogen and oxygen atoms in total. The smallest absolute Gasteiger partial charge is 0.147 e. The normalized spacial score (nSPS) is 17.4. The van der Waals surface area contributed by atoms with E-state index in [-0.39, 0.29) is 24.3 Å². The van der Waals surface area contributed by atoms with Gasteiger partial charge < -0.3 is 5.73 Å². The molecule has 1 fully saturated rings. The summed E-state index contributed by atoms with van der Waals surface area (Å²) in [5.41, 5.74) is 6.23. The fraction of sp³-hybridized carbons (Fsp3) is 0.444. The molecule has 0 radical (unpaired) electrons. The molecule has 0 bridgehead atoms. The Morgan fingerprint density at radius 3 is 2.71 bits per heavy atom. The molecule has 1 aliphatic rings. The summed E-state index contributed by atoms with van der Waals surface area (Å²) < 4.78 is 14.0. The Hall–Kier alpha value is -0.190. The molecule has 1 aromatic heterocycles. The second-order valence-corrected chi connectivity index (χ2v) is 4.30. The second-order valence-electron chi connectivity index (χ2n) is 3.38. The first-order valence-corrected chi connectivity index (χ1v) is 5.04. The van der Waals surface area contributed by atoms with Crippen molar-refractivity contribution in [2.75, 3.05) is 0 Å². The summed E-state index contributed by atoms with van der Waals surface area (Å²) in [5, 5.41) is 0. The maximum Gasteiger partial charge on any atom is 0.147 e. The first kappa shape index (κ1) is 11.9. The highest BCUT2D eigenvalue weighted by atomic mass is 79.9. The van der Waals surface area contributed by atoms with Crippen LogP contribution in [0.3, 0.4) is 0 Å². The van der Waals surface area contributed by atoms with Crippen LogP contribution in [0.1, 0.15) is 24.6 Å². The lowest BCUT2D eigenvalue weighted by Gasteiger charge is -2.10. The van der Waals surface area contributed by atoms with E-state index >= 15 is 0 Å². The molecule has 0 spiro atoms. The minimum absolute atomic E-state index is 0. The van der Waals surface area contributed by atoms with Gasteiger partial charge in [0.05, 0.1) is 11.7 Å². The number of nitrogens with zero attached hydrogens (tertiary/aromatic N) is 1. The minimum atomic E-state index is -0.311. The molecule has 0 unspecified atom stereocenters. The lowest BCUT2D eigenvalue weighted by Crippen LogP contribution is -2.15. The Bertz CT molecular complexity index is 331. The number of pyridine rings is 1. The molecule has 1 saturated carbocycles. The van der Waals surface area contributed by atoms with Crippen LogP contribution in [0.25, 0.3) is 0 Å². The number of halogens is 3. The van der Waals surface area contributed by atoms with Crippen molar-refractivity contribution in [3.63, 3.8) is 0 Å². The van der Waals surface area contributed by atoms with Gasteiger partial charge in [0.15, 0.2) is 0 Å². The van der Waals surface area contributed by atoms with Crippen molar-refractivity contribution in [2.24, 2.45) is 11.7 Å². The summed E-state index contributed by atoms with van der Waals surface area (Å²) in [6.45, 7) is 0. The maximum atomic E-state index is 13.3. The van der Waals surface area contributed by atoms with Gasteiger partial charge in [-0.3, -0.25) is 4.98 Å². The van der Waals surface area contributed by atoms with Crippen LogP contribution < -0.4 is 5.73 Å². The third kappa shape index (κ3) is 2.43. The number of rotatable bonds is 2. The Morgan fingerprint density at radius 1 is 1.57 bits per heavy atom. The van der Waals surface area contributed by atoms with Crippen LogP contribution in [-0.2, 0) is 0 Å². The van der Waals surface area contributed by atoms with Crippen LogP contribution in [0.4, 0.5) is 4.39 Å². The van der Waals surface area contributed by atoms with Crippen molar-refractivity contribution < 1.29 is 4.39 Å². The van der Waals surface area contributed by atoms with Gasteiger partial charge in [-0.25, -0.2) is 4.39 Å². The monoisotopic (exact) mass is 280 g/mol. The second kappa shape index (κ2) is 4.55. The molecule has 14 heavy (non-hydrogen) atoms. The topological polar surface area (TPSA) is 38.9 Å². The molecule has 2 rings (SSSR count). The van der Waals surface area contributed by atoms with Crippen molar-refractivity contribution in [1.29, 1.82) is 0 Å². The molecule has 1 aromatic rings. The lowest BCUT2D eigenvalue weighted by molar-refractivity contribution is 0.535. The van der Waals surface area contributed by atoms with Crippen molar-refractivity contribution in [3.8, 4) is 0 Å². The largest absolute Gasteiger partial charge is 0.322 e.